The molecule has 0 saturated heterocycles. The average Bonchev–Trinajstić information content (AvgIpc) is 3.19. The standard InChI is InChI=1S/C16H32N2O2/c1-12(2)8-10-18(14-6-7-14)11-9-15(16(19)20-5)17-13(3)4/h12-15,17H,6-11H2,1-5H3. The Morgan fingerprint density at radius 1 is 1.20 bits per heavy atom. The van der Waals surface area contributed by atoms with Crippen molar-refractivity contribution in [3.05, 3.63) is 0 Å². The van der Waals surface area contributed by atoms with E-state index in [-0.39, 0.29) is 12.0 Å². The largest absolute Gasteiger partial charge is 0.468 e. The van der Waals surface area contributed by atoms with Crippen LogP contribution < -0.4 is 5.32 Å². The molecule has 0 aromatic rings. The first-order valence-corrected chi connectivity index (χ1v) is 8.02. The zero-order chi connectivity index (χ0) is 15.1. The zero-order valence-corrected chi connectivity index (χ0v) is 13.8. The first-order chi connectivity index (χ1) is 9.43. The minimum absolute atomic E-state index is 0.140. The number of carbonyl (C=O) groups is 1. The van der Waals surface area contributed by atoms with Gasteiger partial charge in [-0.3, -0.25) is 4.79 Å². The lowest BCUT2D eigenvalue weighted by atomic mass is 10.1. The van der Waals surface area contributed by atoms with Gasteiger partial charge in [0.05, 0.1) is 7.11 Å². The number of methoxy groups -OCH3 is 1. The van der Waals surface area contributed by atoms with Gasteiger partial charge >= 0.3 is 5.97 Å². The van der Waals surface area contributed by atoms with E-state index in [9.17, 15) is 4.79 Å². The van der Waals surface area contributed by atoms with Crippen LogP contribution in [0.4, 0.5) is 0 Å². The Kier molecular flexibility index (Phi) is 7.52. The van der Waals surface area contributed by atoms with E-state index in [1.54, 1.807) is 0 Å². The van der Waals surface area contributed by atoms with E-state index in [1.807, 2.05) is 0 Å². The second kappa shape index (κ2) is 8.63. The molecule has 1 fully saturated rings. The molecule has 0 heterocycles. The molecule has 1 unspecified atom stereocenters. The summed E-state index contributed by atoms with van der Waals surface area (Å²) < 4.78 is 4.90. The quantitative estimate of drug-likeness (QED) is 0.626. The maximum absolute atomic E-state index is 11.8. The molecule has 1 atom stereocenters. The van der Waals surface area contributed by atoms with Crippen LogP contribution in [0.3, 0.4) is 0 Å². The lowest BCUT2D eigenvalue weighted by Gasteiger charge is -2.26. The summed E-state index contributed by atoms with van der Waals surface area (Å²) in [5.74, 6) is 0.597. The minimum atomic E-state index is -0.180. The summed E-state index contributed by atoms with van der Waals surface area (Å²) in [5, 5.41) is 3.31. The highest BCUT2D eigenvalue weighted by molar-refractivity contribution is 5.75. The van der Waals surface area contributed by atoms with E-state index in [0.29, 0.717) is 6.04 Å². The molecule has 1 rings (SSSR count). The van der Waals surface area contributed by atoms with Crippen molar-refractivity contribution < 1.29 is 9.53 Å². The summed E-state index contributed by atoms with van der Waals surface area (Å²) >= 11 is 0. The third-order valence-electron chi connectivity index (χ3n) is 3.78. The summed E-state index contributed by atoms with van der Waals surface area (Å²) in [7, 11) is 1.47. The van der Waals surface area contributed by atoms with Gasteiger partial charge in [0.1, 0.15) is 6.04 Å². The lowest BCUT2D eigenvalue weighted by Crippen LogP contribution is -2.44. The third kappa shape index (κ3) is 6.71. The van der Waals surface area contributed by atoms with E-state index in [1.165, 1.54) is 26.4 Å². The van der Waals surface area contributed by atoms with Gasteiger partial charge in [-0.15, -0.1) is 0 Å². The SMILES string of the molecule is COC(=O)C(CCN(CCC(C)C)C1CC1)NC(C)C. The average molecular weight is 284 g/mol. The number of nitrogens with zero attached hydrogens (tertiary/aromatic N) is 1. The molecule has 0 spiro atoms. The first-order valence-electron chi connectivity index (χ1n) is 8.02. The molecular formula is C16H32N2O2. The maximum Gasteiger partial charge on any atom is 0.322 e. The highest BCUT2D eigenvalue weighted by Gasteiger charge is 2.30. The molecule has 20 heavy (non-hydrogen) atoms. The van der Waals surface area contributed by atoms with Gasteiger partial charge in [-0.05, 0) is 38.1 Å². The number of hydrogen-bond acceptors (Lipinski definition) is 4. The van der Waals surface area contributed by atoms with E-state index in [4.69, 9.17) is 4.74 Å². The predicted octanol–water partition coefficient (Wildman–Crippen LogP) is 2.43. The Hall–Kier alpha value is -0.610. The summed E-state index contributed by atoms with van der Waals surface area (Å²) in [5.41, 5.74) is 0. The normalized spacial score (nSPS) is 17.0. The van der Waals surface area contributed by atoms with Crippen LogP contribution in [-0.2, 0) is 9.53 Å². The summed E-state index contributed by atoms with van der Waals surface area (Å²) in [6, 6.07) is 0.871. The van der Waals surface area contributed by atoms with Crippen molar-refractivity contribution in [3.8, 4) is 0 Å². The van der Waals surface area contributed by atoms with Crippen LogP contribution in [-0.4, -0.2) is 49.2 Å². The topological polar surface area (TPSA) is 41.6 Å². The van der Waals surface area contributed by atoms with Crippen molar-refractivity contribution in [1.82, 2.24) is 10.2 Å². The maximum atomic E-state index is 11.8. The van der Waals surface area contributed by atoms with Crippen LogP contribution in [0.2, 0.25) is 0 Å². The van der Waals surface area contributed by atoms with Crippen LogP contribution in [0.1, 0.15) is 53.4 Å². The second-order valence-corrected chi connectivity index (χ2v) is 6.64. The fourth-order valence-electron chi connectivity index (χ4n) is 2.45. The summed E-state index contributed by atoms with van der Waals surface area (Å²) in [4.78, 5) is 14.4. The molecule has 1 N–H and O–H groups in total. The van der Waals surface area contributed by atoms with Crippen LogP contribution in [0.25, 0.3) is 0 Å². The molecule has 0 aromatic carbocycles. The molecule has 4 heteroatoms. The van der Waals surface area contributed by atoms with Gasteiger partial charge in [0.2, 0.25) is 0 Å². The molecule has 0 aliphatic heterocycles. The fourth-order valence-corrected chi connectivity index (χ4v) is 2.45. The summed E-state index contributed by atoms with van der Waals surface area (Å²) in [6.45, 7) is 10.8. The minimum Gasteiger partial charge on any atom is -0.468 e. The Labute approximate surface area is 124 Å². The van der Waals surface area contributed by atoms with Crippen molar-refractivity contribution in [2.75, 3.05) is 20.2 Å². The van der Waals surface area contributed by atoms with Crippen molar-refractivity contribution in [1.29, 1.82) is 0 Å². The van der Waals surface area contributed by atoms with Crippen LogP contribution in [0, 0.1) is 5.92 Å². The van der Waals surface area contributed by atoms with Gasteiger partial charge in [0.25, 0.3) is 0 Å². The smallest absolute Gasteiger partial charge is 0.322 e. The lowest BCUT2D eigenvalue weighted by molar-refractivity contribution is -0.143. The number of ether oxygens (including phenoxy) is 1. The highest BCUT2D eigenvalue weighted by Crippen LogP contribution is 2.27. The van der Waals surface area contributed by atoms with Crippen LogP contribution >= 0.6 is 0 Å². The zero-order valence-electron chi connectivity index (χ0n) is 13.8. The molecule has 1 aliphatic carbocycles. The van der Waals surface area contributed by atoms with Crippen molar-refractivity contribution in [3.63, 3.8) is 0 Å². The molecule has 1 aliphatic rings. The van der Waals surface area contributed by atoms with Gasteiger partial charge in [0.15, 0.2) is 0 Å². The third-order valence-corrected chi connectivity index (χ3v) is 3.78. The Balaban J connectivity index is 2.43. The molecular weight excluding hydrogens is 252 g/mol. The van der Waals surface area contributed by atoms with Gasteiger partial charge in [-0.2, -0.15) is 0 Å². The van der Waals surface area contributed by atoms with Gasteiger partial charge in [-0.1, -0.05) is 27.7 Å². The van der Waals surface area contributed by atoms with Crippen molar-refractivity contribution >= 4 is 5.97 Å². The molecule has 4 nitrogen and oxygen atoms in total. The molecule has 0 radical (unpaired) electrons. The van der Waals surface area contributed by atoms with E-state index in [2.05, 4.69) is 37.9 Å². The van der Waals surface area contributed by atoms with E-state index in [0.717, 1.165) is 31.5 Å². The summed E-state index contributed by atoms with van der Waals surface area (Å²) in [6.07, 6.45) is 4.70. The van der Waals surface area contributed by atoms with Crippen molar-refractivity contribution in [2.24, 2.45) is 5.92 Å². The van der Waals surface area contributed by atoms with Gasteiger partial charge in [-0.25, -0.2) is 0 Å². The van der Waals surface area contributed by atoms with E-state index >= 15 is 0 Å². The van der Waals surface area contributed by atoms with Crippen LogP contribution in [0.15, 0.2) is 0 Å². The molecule has 0 aromatic heterocycles. The monoisotopic (exact) mass is 284 g/mol. The van der Waals surface area contributed by atoms with Gasteiger partial charge in [0, 0.05) is 18.6 Å². The molecule has 1 saturated carbocycles. The Morgan fingerprint density at radius 2 is 1.80 bits per heavy atom. The fraction of sp³-hybridized carbons (Fsp3) is 0.938. The number of esters is 1. The Morgan fingerprint density at radius 3 is 2.25 bits per heavy atom. The van der Waals surface area contributed by atoms with Crippen LogP contribution in [0.5, 0.6) is 0 Å². The number of nitrogens with one attached hydrogen (secondary N) is 1. The molecule has 0 bridgehead atoms. The number of rotatable bonds is 10. The predicted molar refractivity (Wildman–Crippen MR) is 82.7 cm³/mol. The van der Waals surface area contributed by atoms with Gasteiger partial charge < -0.3 is 15.0 Å². The van der Waals surface area contributed by atoms with Crippen molar-refractivity contribution in [2.45, 2.75) is 71.5 Å². The second-order valence-electron chi connectivity index (χ2n) is 6.64. The molecule has 0 amide bonds. The highest BCUT2D eigenvalue weighted by atomic mass is 16.5. The Bertz CT molecular complexity index is 288. The number of carbonyl (C=O) groups excluding carboxylic acids is 1. The van der Waals surface area contributed by atoms with E-state index < -0.39 is 0 Å². The number of hydrogen-bond donors (Lipinski definition) is 1. The first kappa shape index (κ1) is 17.4. The molecule has 118 valence electrons.